The number of nitrogens with two attached hydrogens (primary N) is 1. The molecule has 4 N–H and O–H groups in total. The lowest BCUT2D eigenvalue weighted by Crippen LogP contribution is -2.36. The molecule has 0 fully saturated rings. The van der Waals surface area contributed by atoms with Crippen LogP contribution < -0.4 is 16.6 Å². The maximum atomic E-state index is 13.4. The molecule has 16 heavy (non-hydrogen) atoms. The van der Waals surface area contributed by atoms with Crippen LogP contribution in [-0.2, 0) is 0 Å². The molecule has 1 aromatic rings. The van der Waals surface area contributed by atoms with Gasteiger partial charge in [0.15, 0.2) is 0 Å². The fourth-order valence-corrected chi connectivity index (χ4v) is 1.22. The van der Waals surface area contributed by atoms with E-state index >= 15 is 0 Å². The molecular weight excluding hydrogens is 231 g/mol. The zero-order chi connectivity index (χ0) is 12.0. The van der Waals surface area contributed by atoms with E-state index in [9.17, 15) is 4.39 Å². The Morgan fingerprint density at radius 3 is 2.88 bits per heavy atom. The average molecular weight is 245 g/mol. The van der Waals surface area contributed by atoms with E-state index in [2.05, 4.69) is 15.7 Å². The van der Waals surface area contributed by atoms with Crippen molar-refractivity contribution in [3.05, 3.63) is 29.0 Å². The summed E-state index contributed by atoms with van der Waals surface area (Å²) in [5, 5.41) is 3.08. The number of nitrogens with zero attached hydrogens (tertiary/aromatic N) is 1. The van der Waals surface area contributed by atoms with Gasteiger partial charge in [-0.2, -0.15) is 0 Å². The normalized spacial score (nSPS) is 11.4. The van der Waals surface area contributed by atoms with Gasteiger partial charge in [0.2, 0.25) is 5.96 Å². The minimum atomic E-state index is -0.452. The second-order valence-electron chi connectivity index (χ2n) is 3.12. The molecule has 0 heterocycles. The first-order valence-electron chi connectivity index (χ1n) is 4.90. The number of hydrazine groups is 1. The van der Waals surface area contributed by atoms with E-state index in [1.807, 2.05) is 6.92 Å². The number of halogens is 2. The lowest BCUT2D eigenvalue weighted by atomic mass is 10.3. The van der Waals surface area contributed by atoms with Crippen LogP contribution in [0.1, 0.15) is 13.3 Å². The molecule has 0 saturated carbocycles. The van der Waals surface area contributed by atoms with Crippen LogP contribution in [0, 0.1) is 5.82 Å². The molecule has 0 atom stereocenters. The number of hydrogen-bond acceptors (Lipinski definition) is 2. The van der Waals surface area contributed by atoms with Gasteiger partial charge in [0.05, 0.1) is 5.69 Å². The van der Waals surface area contributed by atoms with E-state index in [1.54, 1.807) is 6.07 Å². The van der Waals surface area contributed by atoms with Crippen molar-refractivity contribution in [2.75, 3.05) is 11.9 Å². The molecule has 0 aliphatic heterocycles. The molecule has 0 saturated heterocycles. The van der Waals surface area contributed by atoms with Gasteiger partial charge in [-0.25, -0.2) is 10.2 Å². The van der Waals surface area contributed by atoms with Gasteiger partial charge in [0, 0.05) is 11.6 Å². The Hall–Kier alpha value is -1.33. The molecule has 0 spiro atoms. The quantitative estimate of drug-likeness (QED) is 0.330. The summed E-state index contributed by atoms with van der Waals surface area (Å²) < 4.78 is 13.4. The Labute approximate surface area is 98.7 Å². The molecule has 0 aliphatic rings. The Morgan fingerprint density at radius 2 is 2.31 bits per heavy atom. The molecule has 88 valence electrons. The van der Waals surface area contributed by atoms with Crippen LogP contribution in [0.25, 0.3) is 0 Å². The van der Waals surface area contributed by atoms with Crippen molar-refractivity contribution in [2.45, 2.75) is 13.3 Å². The Morgan fingerprint density at radius 1 is 1.56 bits per heavy atom. The van der Waals surface area contributed by atoms with E-state index in [1.165, 1.54) is 12.1 Å². The van der Waals surface area contributed by atoms with Gasteiger partial charge < -0.3 is 5.32 Å². The molecule has 0 radical (unpaired) electrons. The lowest BCUT2D eigenvalue weighted by Gasteiger charge is -2.09. The van der Waals surface area contributed by atoms with Crippen LogP contribution in [0.15, 0.2) is 23.2 Å². The largest absolute Gasteiger partial charge is 0.323 e. The lowest BCUT2D eigenvalue weighted by molar-refractivity contribution is 0.632. The summed E-state index contributed by atoms with van der Waals surface area (Å²) in [5.41, 5.74) is 2.64. The maximum Gasteiger partial charge on any atom is 0.210 e. The van der Waals surface area contributed by atoms with Gasteiger partial charge in [0.25, 0.3) is 0 Å². The standard InChI is InChI=1S/C10H14ClFN4/c1-2-5-14-10(16-13)15-9-4-3-7(11)6-8(9)12/h3-4,6H,2,5,13H2,1H3,(H2,14,15,16). The Bertz CT molecular complexity index is 381. The van der Waals surface area contributed by atoms with E-state index in [4.69, 9.17) is 17.4 Å². The van der Waals surface area contributed by atoms with Gasteiger partial charge in [-0.3, -0.25) is 10.4 Å². The summed E-state index contributed by atoms with van der Waals surface area (Å²) in [6.45, 7) is 2.60. The minimum Gasteiger partial charge on any atom is -0.323 e. The number of aliphatic imine (C=N–C) groups is 1. The molecular formula is C10H14ClFN4. The molecule has 4 nitrogen and oxygen atoms in total. The summed E-state index contributed by atoms with van der Waals surface area (Å²) in [4.78, 5) is 4.09. The summed E-state index contributed by atoms with van der Waals surface area (Å²) in [6, 6.07) is 4.33. The van der Waals surface area contributed by atoms with Gasteiger partial charge in [0.1, 0.15) is 5.82 Å². The number of benzene rings is 1. The fourth-order valence-electron chi connectivity index (χ4n) is 1.06. The zero-order valence-electron chi connectivity index (χ0n) is 8.93. The third-order valence-electron chi connectivity index (χ3n) is 1.81. The Kier molecular flexibility index (Phi) is 5.01. The zero-order valence-corrected chi connectivity index (χ0v) is 9.68. The van der Waals surface area contributed by atoms with Crippen LogP contribution in [-0.4, -0.2) is 12.5 Å². The van der Waals surface area contributed by atoms with Crippen molar-refractivity contribution in [2.24, 2.45) is 10.8 Å². The van der Waals surface area contributed by atoms with Crippen molar-refractivity contribution < 1.29 is 4.39 Å². The smallest absolute Gasteiger partial charge is 0.210 e. The number of guanidine groups is 1. The third-order valence-corrected chi connectivity index (χ3v) is 2.05. The van der Waals surface area contributed by atoms with Crippen LogP contribution >= 0.6 is 11.6 Å². The fraction of sp³-hybridized carbons (Fsp3) is 0.300. The van der Waals surface area contributed by atoms with Gasteiger partial charge >= 0.3 is 0 Å². The second-order valence-corrected chi connectivity index (χ2v) is 3.56. The van der Waals surface area contributed by atoms with Crippen molar-refractivity contribution in [1.82, 2.24) is 5.43 Å². The highest BCUT2D eigenvalue weighted by Crippen LogP contribution is 2.18. The van der Waals surface area contributed by atoms with Crippen LogP contribution in [0.4, 0.5) is 10.1 Å². The van der Waals surface area contributed by atoms with Crippen LogP contribution in [0.3, 0.4) is 0 Å². The summed E-state index contributed by atoms with van der Waals surface area (Å²) in [5.74, 6) is 5.12. The topological polar surface area (TPSA) is 62.4 Å². The highest BCUT2D eigenvalue weighted by molar-refractivity contribution is 6.30. The first-order valence-corrected chi connectivity index (χ1v) is 5.28. The molecule has 0 unspecified atom stereocenters. The minimum absolute atomic E-state index is 0.275. The molecule has 6 heteroatoms. The molecule has 0 amide bonds. The number of rotatable bonds is 3. The molecule has 0 bridgehead atoms. The molecule has 0 aliphatic carbocycles. The van der Waals surface area contributed by atoms with Crippen molar-refractivity contribution in [1.29, 1.82) is 0 Å². The first kappa shape index (κ1) is 12.7. The molecule has 0 aromatic heterocycles. The van der Waals surface area contributed by atoms with Gasteiger partial charge in [-0.05, 0) is 24.6 Å². The third kappa shape index (κ3) is 3.67. The van der Waals surface area contributed by atoms with Gasteiger partial charge in [-0.1, -0.05) is 18.5 Å². The van der Waals surface area contributed by atoms with Crippen molar-refractivity contribution in [3.63, 3.8) is 0 Å². The van der Waals surface area contributed by atoms with Crippen LogP contribution in [0.2, 0.25) is 5.02 Å². The maximum absolute atomic E-state index is 13.4. The Balaban J connectivity index is 2.78. The van der Waals surface area contributed by atoms with E-state index < -0.39 is 5.82 Å². The number of nitrogens with one attached hydrogen (secondary N) is 2. The molecule has 1 aromatic carbocycles. The molecule has 1 rings (SSSR count). The second kappa shape index (κ2) is 6.30. The number of anilines is 1. The average Bonchev–Trinajstić information content (AvgIpc) is 2.27. The summed E-state index contributed by atoms with van der Waals surface area (Å²) >= 11 is 5.63. The monoisotopic (exact) mass is 244 g/mol. The first-order chi connectivity index (χ1) is 7.67. The highest BCUT2D eigenvalue weighted by Gasteiger charge is 2.04. The highest BCUT2D eigenvalue weighted by atomic mass is 35.5. The van der Waals surface area contributed by atoms with Crippen molar-refractivity contribution in [3.8, 4) is 0 Å². The predicted octanol–water partition coefficient (Wildman–Crippen LogP) is 2.12. The predicted molar refractivity (Wildman–Crippen MR) is 64.9 cm³/mol. The summed E-state index contributed by atoms with van der Waals surface area (Å²) in [7, 11) is 0. The number of hydrogen-bond donors (Lipinski definition) is 3. The SMILES string of the molecule is CCCN=C(NN)Nc1ccc(Cl)cc1F. The van der Waals surface area contributed by atoms with E-state index in [0.717, 1.165) is 6.42 Å². The van der Waals surface area contributed by atoms with E-state index in [-0.39, 0.29) is 5.69 Å². The van der Waals surface area contributed by atoms with Crippen molar-refractivity contribution >= 4 is 23.2 Å². The summed E-state index contributed by atoms with van der Waals surface area (Å²) in [6.07, 6.45) is 0.885. The van der Waals surface area contributed by atoms with E-state index in [0.29, 0.717) is 17.5 Å². The van der Waals surface area contributed by atoms with Gasteiger partial charge in [-0.15, -0.1) is 0 Å². The van der Waals surface area contributed by atoms with Crippen LogP contribution in [0.5, 0.6) is 0 Å².